The molecule has 10 heteroatoms. The molecular weight excluding hydrogens is 488 g/mol. The Kier molecular flexibility index (Phi) is 11.3. The quantitative estimate of drug-likeness (QED) is 0.234. The summed E-state index contributed by atoms with van der Waals surface area (Å²) in [6.07, 6.45) is 0. The molecule has 0 atom stereocenters. The van der Waals surface area contributed by atoms with Gasteiger partial charge in [0.15, 0.2) is 0 Å². The van der Waals surface area contributed by atoms with Gasteiger partial charge in [-0.05, 0) is 36.4 Å². The van der Waals surface area contributed by atoms with Crippen LogP contribution >= 0.6 is 0 Å². The van der Waals surface area contributed by atoms with E-state index in [-0.39, 0.29) is 35.5 Å². The Morgan fingerprint density at radius 3 is 0.765 bits per heavy atom. The van der Waals surface area contributed by atoms with E-state index in [9.17, 15) is 0 Å². The second-order valence-electron chi connectivity index (χ2n) is 6.99. The number of methoxy groups -OCH3 is 6. The molecule has 0 saturated carbocycles. The van der Waals surface area contributed by atoms with Crippen LogP contribution in [0.25, 0.3) is 0 Å². The van der Waals surface area contributed by atoms with E-state index in [2.05, 4.69) is 0 Å². The van der Waals surface area contributed by atoms with Gasteiger partial charge in [0.1, 0.15) is 34.5 Å². The number of hydrogen-bond donors (Lipinski definition) is 0. The molecule has 0 aliphatic heterocycles. The normalized spacial score (nSPS) is 10.3. The molecule has 0 amide bonds. The first-order valence-electron chi connectivity index (χ1n) is 9.82. The van der Waals surface area contributed by atoms with Crippen LogP contribution in [0.1, 0.15) is 0 Å². The summed E-state index contributed by atoms with van der Waals surface area (Å²) in [5.74, 6) is 3.15. The predicted octanol–water partition coefficient (Wildman–Crippen LogP) is -2.31. The van der Waals surface area contributed by atoms with Crippen molar-refractivity contribution >= 4 is 46.9 Å². The summed E-state index contributed by atoms with van der Waals surface area (Å²) < 4.78 is 32.7. The Morgan fingerprint density at radius 1 is 0.441 bits per heavy atom. The maximum Gasteiger partial charge on any atom is 2.00 e. The second-order valence-corrected chi connectivity index (χ2v) is 10.1. The van der Waals surface area contributed by atoms with Crippen molar-refractivity contribution in [2.45, 2.75) is 0 Å². The molecule has 0 unspecified atom stereocenters. The minimum atomic E-state index is -3.89. The maximum atomic E-state index is 15.1. The van der Waals surface area contributed by atoms with E-state index < -0.39 is 8.32 Å². The third-order valence-corrected chi connectivity index (χ3v) is 8.58. The second kappa shape index (κ2) is 13.0. The summed E-state index contributed by atoms with van der Waals surface area (Å²) in [6.45, 7) is 0. The minimum absolute atomic E-state index is 0. The van der Waals surface area contributed by atoms with Crippen LogP contribution in [0.4, 0.5) is 0 Å². The maximum absolute atomic E-state index is 15.1. The molecule has 34 heavy (non-hydrogen) atoms. The molecule has 3 rings (SSSR count). The van der Waals surface area contributed by atoms with Crippen molar-refractivity contribution in [3.8, 4) is 34.5 Å². The fourth-order valence-electron chi connectivity index (χ4n) is 3.53. The van der Waals surface area contributed by atoms with Gasteiger partial charge in [-0.25, -0.2) is 0 Å². The third kappa shape index (κ3) is 6.03. The molecule has 178 valence electrons. The topological polar surface area (TPSA) is 78.4 Å². The smallest absolute Gasteiger partial charge is 1.00 e. The van der Waals surface area contributed by atoms with Crippen molar-refractivity contribution in [3.63, 3.8) is 0 Å². The SMILES string of the molecule is COc1cc(OC)cc([Si]([O-])(c2cc(OC)cc(OC)c2)c2cc(OC)cc(OC)c2)c1.[Cl-].[Mg+2]. The van der Waals surface area contributed by atoms with Gasteiger partial charge in [0, 0.05) is 18.2 Å². The Hall–Kier alpha value is -2.31. The molecule has 0 N–H and O–H groups in total. The summed E-state index contributed by atoms with van der Waals surface area (Å²) in [7, 11) is 5.41. The van der Waals surface area contributed by atoms with Gasteiger partial charge >= 0.3 is 23.1 Å². The molecular formula is C24H27ClMgO7Si. The van der Waals surface area contributed by atoms with Crippen molar-refractivity contribution in [2.24, 2.45) is 0 Å². The Balaban J connectivity index is 0.00000289. The van der Waals surface area contributed by atoms with Gasteiger partial charge < -0.3 is 45.6 Å². The number of halogens is 1. The summed E-state index contributed by atoms with van der Waals surface area (Å²) >= 11 is 0. The van der Waals surface area contributed by atoms with Crippen molar-refractivity contribution < 1.29 is 45.6 Å². The molecule has 0 radical (unpaired) electrons. The fraction of sp³-hybridized carbons (Fsp3) is 0.250. The van der Waals surface area contributed by atoms with E-state index in [1.807, 2.05) is 0 Å². The number of benzene rings is 3. The molecule has 0 bridgehead atoms. The van der Waals surface area contributed by atoms with Gasteiger partial charge in [0.25, 0.3) is 0 Å². The van der Waals surface area contributed by atoms with Crippen molar-refractivity contribution in [1.29, 1.82) is 0 Å². The zero-order valence-corrected chi connectivity index (χ0v) is 23.3. The Bertz CT molecular complexity index is 895. The first kappa shape index (κ1) is 29.7. The third-order valence-electron chi connectivity index (χ3n) is 5.27. The van der Waals surface area contributed by atoms with E-state index in [0.717, 1.165) is 0 Å². The summed E-state index contributed by atoms with van der Waals surface area (Å²) in [4.78, 5) is 15.1. The average Bonchev–Trinajstić information content (AvgIpc) is 2.86. The van der Waals surface area contributed by atoms with Crippen LogP contribution in [-0.4, -0.2) is 74.0 Å². The van der Waals surface area contributed by atoms with Crippen molar-refractivity contribution in [3.05, 3.63) is 54.6 Å². The molecule has 0 fully saturated rings. The van der Waals surface area contributed by atoms with Gasteiger partial charge in [0.05, 0.1) is 51.0 Å². The molecule has 0 saturated heterocycles. The first-order chi connectivity index (χ1) is 15.4. The zero-order chi connectivity index (χ0) is 23.3. The van der Waals surface area contributed by atoms with Gasteiger partial charge in [-0.15, -0.1) is 0 Å². The van der Waals surface area contributed by atoms with Crippen molar-refractivity contribution in [2.75, 3.05) is 42.7 Å². The van der Waals surface area contributed by atoms with E-state index in [0.29, 0.717) is 50.1 Å². The van der Waals surface area contributed by atoms with Crippen LogP contribution in [-0.2, 0) is 0 Å². The van der Waals surface area contributed by atoms with Crippen LogP contribution in [0.15, 0.2) is 54.6 Å². The van der Waals surface area contributed by atoms with E-state index in [1.165, 1.54) is 0 Å². The van der Waals surface area contributed by atoms with Crippen LogP contribution < -0.4 is 61.2 Å². The van der Waals surface area contributed by atoms with Crippen molar-refractivity contribution in [1.82, 2.24) is 0 Å². The average molecular weight is 515 g/mol. The Labute approximate surface area is 223 Å². The van der Waals surface area contributed by atoms with E-state index in [4.69, 9.17) is 28.4 Å². The van der Waals surface area contributed by atoms with Crippen LogP contribution in [0.2, 0.25) is 0 Å². The monoisotopic (exact) mass is 514 g/mol. The molecule has 3 aromatic rings. The summed E-state index contributed by atoms with van der Waals surface area (Å²) in [5, 5.41) is 1.62. The first-order valence-corrected chi connectivity index (χ1v) is 11.7. The van der Waals surface area contributed by atoms with Crippen LogP contribution in [0.5, 0.6) is 34.5 Å². The Morgan fingerprint density at radius 2 is 0.618 bits per heavy atom. The molecule has 0 aliphatic carbocycles. The molecule has 0 aliphatic rings. The largest absolute Gasteiger partial charge is 2.00 e. The number of rotatable bonds is 9. The molecule has 0 spiro atoms. The van der Waals surface area contributed by atoms with Crippen LogP contribution in [0, 0.1) is 0 Å². The minimum Gasteiger partial charge on any atom is -1.00 e. The van der Waals surface area contributed by atoms with Gasteiger partial charge in [-0.1, -0.05) is 15.6 Å². The zero-order valence-electron chi connectivity index (χ0n) is 20.1. The van der Waals surface area contributed by atoms with Gasteiger partial charge in [-0.2, -0.15) is 0 Å². The number of hydrogen-bond acceptors (Lipinski definition) is 7. The molecule has 7 nitrogen and oxygen atoms in total. The van der Waals surface area contributed by atoms with Gasteiger partial charge in [-0.3, -0.25) is 0 Å². The summed E-state index contributed by atoms with van der Waals surface area (Å²) in [5.41, 5.74) is 0. The van der Waals surface area contributed by atoms with Gasteiger partial charge in [0.2, 0.25) is 0 Å². The number of ether oxygens (including phenoxy) is 6. The van der Waals surface area contributed by atoms with Crippen LogP contribution in [0.3, 0.4) is 0 Å². The summed E-state index contributed by atoms with van der Waals surface area (Å²) in [6, 6.07) is 15.7. The molecule has 3 aromatic carbocycles. The van der Waals surface area contributed by atoms with E-state index in [1.54, 1.807) is 97.3 Å². The molecule has 0 heterocycles. The van der Waals surface area contributed by atoms with E-state index >= 15 is 4.80 Å². The standard InChI is InChI=1S/C24H27O7Si.ClH.Mg/c1-26-16-7-17(27-2)11-22(10-16)32(25,23-12-18(28-3)8-19(13-23)29-4)24-14-20(30-5)9-21(15-24)31-6;;/h7-15H,1-6H3;1H;/q-1;;+2/p-1. The predicted molar refractivity (Wildman–Crippen MR) is 129 cm³/mol. The fourth-order valence-corrected chi connectivity index (χ4v) is 6.61. The molecule has 0 aromatic heterocycles.